The first-order chi connectivity index (χ1) is 8.05. The van der Waals surface area contributed by atoms with E-state index < -0.39 is 11.5 Å². The summed E-state index contributed by atoms with van der Waals surface area (Å²) in [4.78, 5) is 23.7. The molecule has 0 aromatic carbocycles. The highest BCUT2D eigenvalue weighted by atomic mass is 16.2. The second-order valence-electron chi connectivity index (χ2n) is 4.78. The number of nitrogens with two attached hydrogens (primary N) is 1. The molecule has 0 radical (unpaired) electrons. The van der Waals surface area contributed by atoms with Crippen LogP contribution in [0, 0.1) is 5.41 Å². The normalized spacial score (nSPS) is 19.7. The number of nitrogens with one attached hydrogen (secondary N) is 2. The van der Waals surface area contributed by atoms with Crippen molar-refractivity contribution >= 4 is 11.8 Å². The lowest BCUT2D eigenvalue weighted by molar-refractivity contribution is -0.134. The second kappa shape index (κ2) is 6.00. The molecule has 0 aromatic rings. The van der Waals surface area contributed by atoms with Gasteiger partial charge in [0.2, 0.25) is 11.8 Å². The highest BCUT2D eigenvalue weighted by molar-refractivity contribution is 5.90. The van der Waals surface area contributed by atoms with E-state index in [1.165, 1.54) is 0 Å². The van der Waals surface area contributed by atoms with Gasteiger partial charge < -0.3 is 16.4 Å². The van der Waals surface area contributed by atoms with Crippen molar-refractivity contribution in [2.45, 2.75) is 45.6 Å². The van der Waals surface area contributed by atoms with Gasteiger partial charge in [0.1, 0.15) is 6.04 Å². The van der Waals surface area contributed by atoms with E-state index in [9.17, 15) is 9.59 Å². The maximum absolute atomic E-state index is 12.1. The van der Waals surface area contributed by atoms with Crippen LogP contribution in [-0.4, -0.2) is 30.9 Å². The first-order valence-corrected chi connectivity index (χ1v) is 6.34. The minimum atomic E-state index is -0.494. The smallest absolute Gasteiger partial charge is 0.242 e. The van der Waals surface area contributed by atoms with E-state index in [1.807, 2.05) is 6.92 Å². The molecule has 1 aliphatic carbocycles. The molecular weight excluding hydrogens is 218 g/mol. The first kappa shape index (κ1) is 14.0. The molecule has 0 spiro atoms. The van der Waals surface area contributed by atoms with E-state index in [1.54, 1.807) is 6.92 Å². The average Bonchev–Trinajstić information content (AvgIpc) is 2.79. The van der Waals surface area contributed by atoms with Crippen molar-refractivity contribution in [2.75, 3.05) is 13.1 Å². The molecule has 2 amide bonds. The van der Waals surface area contributed by atoms with Crippen molar-refractivity contribution in [3.05, 3.63) is 0 Å². The molecule has 5 heteroatoms. The lowest BCUT2D eigenvalue weighted by Crippen LogP contribution is -2.51. The zero-order valence-corrected chi connectivity index (χ0v) is 10.7. The Morgan fingerprint density at radius 1 is 1.35 bits per heavy atom. The van der Waals surface area contributed by atoms with Crippen LogP contribution in [0.15, 0.2) is 0 Å². The molecule has 0 bridgehead atoms. The van der Waals surface area contributed by atoms with Crippen LogP contribution in [0.1, 0.15) is 39.5 Å². The molecule has 0 heterocycles. The van der Waals surface area contributed by atoms with Crippen LogP contribution >= 0.6 is 0 Å². The maximum Gasteiger partial charge on any atom is 0.242 e. The van der Waals surface area contributed by atoms with Crippen molar-refractivity contribution in [3.63, 3.8) is 0 Å². The Morgan fingerprint density at radius 2 is 1.94 bits per heavy atom. The number of hydrogen-bond acceptors (Lipinski definition) is 3. The fraction of sp³-hybridized carbons (Fsp3) is 0.833. The summed E-state index contributed by atoms with van der Waals surface area (Å²) in [7, 11) is 0. The molecule has 0 aliphatic heterocycles. The Balaban J connectivity index is 2.55. The summed E-state index contributed by atoms with van der Waals surface area (Å²) in [6.45, 7) is 4.48. The molecule has 17 heavy (non-hydrogen) atoms. The zero-order chi connectivity index (χ0) is 12.9. The summed E-state index contributed by atoms with van der Waals surface area (Å²) in [5.74, 6) is -0.220. The molecule has 1 rings (SSSR count). The van der Waals surface area contributed by atoms with Crippen LogP contribution in [0.2, 0.25) is 0 Å². The number of carbonyl (C=O) groups is 2. The van der Waals surface area contributed by atoms with E-state index in [-0.39, 0.29) is 11.8 Å². The Hall–Kier alpha value is -1.10. The predicted molar refractivity (Wildman–Crippen MR) is 66.2 cm³/mol. The summed E-state index contributed by atoms with van der Waals surface area (Å²) >= 11 is 0. The number of rotatable bonds is 5. The Labute approximate surface area is 103 Å². The zero-order valence-electron chi connectivity index (χ0n) is 10.7. The Bertz CT molecular complexity index is 285. The lowest BCUT2D eigenvalue weighted by Gasteiger charge is -2.27. The van der Waals surface area contributed by atoms with E-state index in [2.05, 4.69) is 10.6 Å². The molecule has 0 saturated heterocycles. The topological polar surface area (TPSA) is 84.2 Å². The summed E-state index contributed by atoms with van der Waals surface area (Å²) in [5, 5.41) is 5.45. The molecule has 0 aromatic heterocycles. The highest BCUT2D eigenvalue weighted by Gasteiger charge is 2.40. The van der Waals surface area contributed by atoms with Crippen molar-refractivity contribution < 1.29 is 9.59 Å². The van der Waals surface area contributed by atoms with Crippen LogP contribution in [-0.2, 0) is 9.59 Å². The van der Waals surface area contributed by atoms with E-state index in [0.717, 1.165) is 25.7 Å². The van der Waals surface area contributed by atoms with Gasteiger partial charge in [-0.25, -0.2) is 0 Å². The fourth-order valence-corrected chi connectivity index (χ4v) is 2.32. The van der Waals surface area contributed by atoms with Crippen LogP contribution in [0.3, 0.4) is 0 Å². The van der Waals surface area contributed by atoms with Crippen molar-refractivity contribution in [1.82, 2.24) is 10.6 Å². The third-order valence-electron chi connectivity index (χ3n) is 3.52. The molecule has 1 atom stereocenters. The second-order valence-corrected chi connectivity index (χ2v) is 4.78. The molecule has 98 valence electrons. The summed E-state index contributed by atoms with van der Waals surface area (Å²) < 4.78 is 0. The first-order valence-electron chi connectivity index (χ1n) is 6.34. The van der Waals surface area contributed by atoms with E-state index >= 15 is 0 Å². The standard InChI is InChI=1S/C12H23N3O2/c1-3-14-10(16)9(2)15-11(17)12(8-13)6-4-5-7-12/h9H,3-8,13H2,1-2H3,(H,14,16)(H,15,17). The van der Waals surface area contributed by atoms with Gasteiger partial charge in [-0.15, -0.1) is 0 Å². The minimum absolute atomic E-state index is 0.0729. The van der Waals surface area contributed by atoms with Gasteiger partial charge in [0.05, 0.1) is 5.41 Å². The summed E-state index contributed by atoms with van der Waals surface area (Å²) in [6.07, 6.45) is 3.75. The minimum Gasteiger partial charge on any atom is -0.355 e. The molecule has 4 N–H and O–H groups in total. The largest absolute Gasteiger partial charge is 0.355 e. The summed E-state index contributed by atoms with van der Waals surface area (Å²) in [6, 6.07) is -0.494. The van der Waals surface area contributed by atoms with Gasteiger partial charge in [-0.3, -0.25) is 9.59 Å². The number of carbonyl (C=O) groups excluding carboxylic acids is 2. The number of hydrogen-bond donors (Lipinski definition) is 3. The molecule has 1 aliphatic rings. The Morgan fingerprint density at radius 3 is 2.41 bits per heavy atom. The van der Waals surface area contributed by atoms with Crippen molar-refractivity contribution in [3.8, 4) is 0 Å². The maximum atomic E-state index is 12.1. The molecule has 1 saturated carbocycles. The Kier molecular flexibility index (Phi) is 4.93. The third kappa shape index (κ3) is 3.19. The van der Waals surface area contributed by atoms with Gasteiger partial charge in [-0.1, -0.05) is 12.8 Å². The quantitative estimate of drug-likeness (QED) is 0.640. The monoisotopic (exact) mass is 241 g/mol. The average molecular weight is 241 g/mol. The highest BCUT2D eigenvalue weighted by Crippen LogP contribution is 2.37. The van der Waals surface area contributed by atoms with Gasteiger partial charge in [0.15, 0.2) is 0 Å². The lowest BCUT2D eigenvalue weighted by atomic mass is 9.85. The van der Waals surface area contributed by atoms with Gasteiger partial charge >= 0.3 is 0 Å². The van der Waals surface area contributed by atoms with E-state index in [4.69, 9.17) is 5.73 Å². The van der Waals surface area contributed by atoms with Crippen LogP contribution in [0.25, 0.3) is 0 Å². The predicted octanol–water partition coefficient (Wildman–Crippen LogP) is 0.146. The molecule has 1 unspecified atom stereocenters. The number of amides is 2. The van der Waals surface area contributed by atoms with Gasteiger partial charge in [0.25, 0.3) is 0 Å². The fourth-order valence-electron chi connectivity index (χ4n) is 2.32. The molecule has 1 fully saturated rings. The van der Waals surface area contributed by atoms with Gasteiger partial charge in [-0.2, -0.15) is 0 Å². The van der Waals surface area contributed by atoms with Crippen molar-refractivity contribution in [2.24, 2.45) is 11.1 Å². The third-order valence-corrected chi connectivity index (χ3v) is 3.52. The van der Waals surface area contributed by atoms with Crippen LogP contribution in [0.4, 0.5) is 0 Å². The summed E-state index contributed by atoms with van der Waals surface area (Å²) in [5.41, 5.74) is 5.28. The van der Waals surface area contributed by atoms with Crippen LogP contribution < -0.4 is 16.4 Å². The molecule has 5 nitrogen and oxygen atoms in total. The van der Waals surface area contributed by atoms with E-state index in [0.29, 0.717) is 13.1 Å². The van der Waals surface area contributed by atoms with Crippen molar-refractivity contribution in [1.29, 1.82) is 0 Å². The SMILES string of the molecule is CCNC(=O)C(C)NC(=O)C1(CN)CCCC1. The molecular formula is C12H23N3O2. The van der Waals surface area contributed by atoms with Gasteiger partial charge in [0, 0.05) is 13.1 Å². The van der Waals surface area contributed by atoms with Gasteiger partial charge in [-0.05, 0) is 26.7 Å². The van der Waals surface area contributed by atoms with Crippen LogP contribution in [0.5, 0.6) is 0 Å². The number of likely N-dealkylation sites (N-methyl/N-ethyl adjacent to an activating group) is 1.